The molecule has 0 aromatic heterocycles. The Kier molecular flexibility index (Phi) is 9.01. The van der Waals surface area contributed by atoms with Gasteiger partial charge in [0.25, 0.3) is 0 Å². The van der Waals surface area contributed by atoms with E-state index in [1.165, 1.54) is 19.4 Å². The van der Waals surface area contributed by atoms with Crippen LogP contribution in [-0.4, -0.2) is 25.1 Å². The molecule has 0 aliphatic rings. The summed E-state index contributed by atoms with van der Waals surface area (Å²) in [5.41, 5.74) is 3.58. The van der Waals surface area contributed by atoms with Crippen molar-refractivity contribution in [1.82, 2.24) is 5.43 Å². The third-order valence-electron chi connectivity index (χ3n) is 4.41. The lowest BCUT2D eigenvalue weighted by Crippen LogP contribution is -2.32. The second-order valence-electron chi connectivity index (χ2n) is 6.65. The highest BCUT2D eigenvalue weighted by atomic mass is 35.5. The number of hydrazone groups is 1. The Bertz CT molecular complexity index is 1230. The minimum Gasteiger partial charge on any atom is -0.493 e. The van der Waals surface area contributed by atoms with E-state index in [1.54, 1.807) is 48.5 Å². The molecule has 11 heteroatoms. The van der Waals surface area contributed by atoms with Crippen LogP contribution in [0.3, 0.4) is 0 Å². The molecule has 0 aliphatic heterocycles. The Morgan fingerprint density at radius 2 is 1.59 bits per heavy atom. The van der Waals surface area contributed by atoms with Crippen LogP contribution in [0.2, 0.25) is 20.1 Å². The van der Waals surface area contributed by atoms with Crippen molar-refractivity contribution in [2.24, 2.45) is 5.10 Å². The molecule has 0 saturated heterocycles. The lowest BCUT2D eigenvalue weighted by atomic mass is 10.2. The summed E-state index contributed by atoms with van der Waals surface area (Å²) in [5.74, 6) is -1.07. The number of amides is 2. The van der Waals surface area contributed by atoms with E-state index in [4.69, 9.17) is 55.9 Å². The Balaban J connectivity index is 1.60. The molecule has 2 amide bonds. The topological polar surface area (TPSA) is 89.0 Å². The highest BCUT2D eigenvalue weighted by molar-refractivity contribution is 6.45. The maximum Gasteiger partial charge on any atom is 0.329 e. The van der Waals surface area contributed by atoms with Gasteiger partial charge in [0.05, 0.1) is 29.1 Å². The highest BCUT2D eigenvalue weighted by Crippen LogP contribution is 2.31. The minimum absolute atomic E-state index is 0.125. The number of hydrogen-bond acceptors (Lipinski definition) is 5. The first kappa shape index (κ1) is 25.6. The standard InChI is InChI=1S/C23H17Cl4N3O4/c1-33-20-10-13(8-9-19(20)34-12-14-15(24)4-2-5-16(14)25)11-28-30-23(32)22(31)29-18-7-3-6-17(26)21(18)27/h2-11H,12H2,1H3,(H,29,31)(H,30,32)/b28-11-. The molecule has 0 radical (unpaired) electrons. The van der Waals surface area contributed by atoms with Crippen LogP contribution in [0.5, 0.6) is 11.5 Å². The van der Waals surface area contributed by atoms with E-state index in [9.17, 15) is 9.59 Å². The van der Waals surface area contributed by atoms with Gasteiger partial charge in [0.1, 0.15) is 6.61 Å². The molecular weight excluding hydrogens is 524 g/mol. The average molecular weight is 541 g/mol. The van der Waals surface area contributed by atoms with E-state index in [0.29, 0.717) is 32.7 Å². The van der Waals surface area contributed by atoms with Gasteiger partial charge in [-0.05, 0) is 48.0 Å². The lowest BCUT2D eigenvalue weighted by molar-refractivity contribution is -0.136. The van der Waals surface area contributed by atoms with Crippen LogP contribution in [0, 0.1) is 0 Å². The van der Waals surface area contributed by atoms with Gasteiger partial charge >= 0.3 is 11.8 Å². The molecule has 0 bridgehead atoms. The first-order chi connectivity index (χ1) is 16.3. The van der Waals surface area contributed by atoms with Crippen LogP contribution in [0.25, 0.3) is 0 Å². The number of hydrogen-bond donors (Lipinski definition) is 2. The van der Waals surface area contributed by atoms with Crippen LogP contribution < -0.4 is 20.2 Å². The van der Waals surface area contributed by atoms with Gasteiger partial charge in [0.15, 0.2) is 11.5 Å². The van der Waals surface area contributed by atoms with Gasteiger partial charge in [-0.2, -0.15) is 5.10 Å². The monoisotopic (exact) mass is 539 g/mol. The van der Waals surface area contributed by atoms with Crippen LogP contribution >= 0.6 is 46.4 Å². The number of methoxy groups -OCH3 is 1. The van der Waals surface area contributed by atoms with Gasteiger partial charge in [0, 0.05) is 15.6 Å². The van der Waals surface area contributed by atoms with Crippen molar-refractivity contribution in [3.05, 3.63) is 85.8 Å². The normalized spacial score (nSPS) is 10.7. The smallest absolute Gasteiger partial charge is 0.329 e. The van der Waals surface area contributed by atoms with Crippen LogP contribution in [0.15, 0.2) is 59.7 Å². The molecular formula is C23H17Cl4N3O4. The maximum absolute atomic E-state index is 12.0. The van der Waals surface area contributed by atoms with Crippen molar-refractivity contribution in [1.29, 1.82) is 0 Å². The van der Waals surface area contributed by atoms with E-state index in [0.717, 1.165) is 0 Å². The van der Waals surface area contributed by atoms with E-state index in [2.05, 4.69) is 15.8 Å². The third-order valence-corrected chi connectivity index (χ3v) is 5.93. The van der Waals surface area contributed by atoms with E-state index in [1.807, 2.05) is 0 Å². The average Bonchev–Trinajstić information content (AvgIpc) is 2.82. The fraction of sp³-hybridized carbons (Fsp3) is 0.0870. The van der Waals surface area contributed by atoms with Gasteiger partial charge < -0.3 is 14.8 Å². The molecule has 3 aromatic rings. The number of carbonyl (C=O) groups is 2. The second-order valence-corrected chi connectivity index (χ2v) is 8.25. The maximum atomic E-state index is 12.0. The fourth-order valence-corrected chi connectivity index (χ4v) is 3.55. The molecule has 0 fully saturated rings. The first-order valence-electron chi connectivity index (χ1n) is 9.62. The van der Waals surface area contributed by atoms with Crippen LogP contribution in [0.1, 0.15) is 11.1 Å². The second kappa shape index (κ2) is 11.9. The molecule has 3 rings (SSSR count). The summed E-state index contributed by atoms with van der Waals surface area (Å²) in [6, 6.07) is 14.8. The Labute approximate surface area is 215 Å². The van der Waals surface area contributed by atoms with E-state index < -0.39 is 11.8 Å². The minimum atomic E-state index is -0.990. The summed E-state index contributed by atoms with van der Waals surface area (Å²) in [6.45, 7) is 0.143. The summed E-state index contributed by atoms with van der Waals surface area (Å²) in [7, 11) is 1.48. The van der Waals surface area contributed by atoms with Crippen molar-refractivity contribution in [2.75, 3.05) is 12.4 Å². The Morgan fingerprint density at radius 1 is 0.912 bits per heavy atom. The number of anilines is 1. The van der Waals surface area contributed by atoms with E-state index in [-0.39, 0.29) is 22.3 Å². The molecule has 3 aromatic carbocycles. The summed E-state index contributed by atoms with van der Waals surface area (Å²) < 4.78 is 11.2. The van der Waals surface area contributed by atoms with Gasteiger partial charge in [-0.15, -0.1) is 0 Å². The Morgan fingerprint density at radius 3 is 2.29 bits per heavy atom. The number of nitrogens with zero attached hydrogens (tertiary/aromatic N) is 1. The first-order valence-corrected chi connectivity index (χ1v) is 11.1. The zero-order valence-electron chi connectivity index (χ0n) is 17.6. The number of rotatable bonds is 7. The molecule has 7 nitrogen and oxygen atoms in total. The van der Waals surface area contributed by atoms with Gasteiger partial charge in [-0.1, -0.05) is 58.5 Å². The number of ether oxygens (including phenoxy) is 2. The van der Waals surface area contributed by atoms with Gasteiger partial charge in [0.2, 0.25) is 0 Å². The van der Waals surface area contributed by atoms with Crippen molar-refractivity contribution in [3.8, 4) is 11.5 Å². The zero-order chi connectivity index (χ0) is 24.7. The summed E-state index contributed by atoms with van der Waals surface area (Å²) >= 11 is 24.2. The quantitative estimate of drug-likeness (QED) is 0.219. The fourth-order valence-electron chi connectivity index (χ4n) is 2.70. The predicted molar refractivity (Wildman–Crippen MR) is 135 cm³/mol. The van der Waals surface area contributed by atoms with Crippen LogP contribution in [-0.2, 0) is 16.2 Å². The number of nitrogens with one attached hydrogen (secondary N) is 2. The molecule has 0 aliphatic carbocycles. The van der Waals surface area contributed by atoms with Crippen molar-refractivity contribution < 1.29 is 19.1 Å². The third kappa shape index (κ3) is 6.55. The van der Waals surface area contributed by atoms with Crippen molar-refractivity contribution in [3.63, 3.8) is 0 Å². The molecule has 0 heterocycles. The summed E-state index contributed by atoms with van der Waals surface area (Å²) in [4.78, 5) is 24.1. The molecule has 0 atom stereocenters. The SMILES string of the molecule is COc1cc(/C=N\NC(=O)C(=O)Nc2cccc(Cl)c2Cl)ccc1OCc1c(Cl)cccc1Cl. The number of halogens is 4. The molecule has 2 N–H and O–H groups in total. The predicted octanol–water partition coefficient (Wildman–Crippen LogP) is 5.98. The van der Waals surface area contributed by atoms with Crippen molar-refractivity contribution >= 4 is 70.1 Å². The van der Waals surface area contributed by atoms with Crippen molar-refractivity contribution in [2.45, 2.75) is 6.61 Å². The van der Waals surface area contributed by atoms with Gasteiger partial charge in [-0.3, -0.25) is 9.59 Å². The molecule has 0 unspecified atom stereocenters. The van der Waals surface area contributed by atoms with Gasteiger partial charge in [-0.25, -0.2) is 5.43 Å². The highest BCUT2D eigenvalue weighted by Gasteiger charge is 2.15. The molecule has 176 valence electrons. The Hall–Kier alpha value is -2.97. The lowest BCUT2D eigenvalue weighted by Gasteiger charge is -2.13. The van der Waals surface area contributed by atoms with E-state index >= 15 is 0 Å². The molecule has 0 saturated carbocycles. The number of benzene rings is 3. The molecule has 34 heavy (non-hydrogen) atoms. The zero-order valence-corrected chi connectivity index (χ0v) is 20.6. The summed E-state index contributed by atoms with van der Waals surface area (Å²) in [5, 5.41) is 7.51. The largest absolute Gasteiger partial charge is 0.493 e. The molecule has 0 spiro atoms. The number of carbonyl (C=O) groups excluding carboxylic acids is 2. The summed E-state index contributed by atoms with van der Waals surface area (Å²) in [6.07, 6.45) is 1.34. The van der Waals surface area contributed by atoms with Crippen LogP contribution in [0.4, 0.5) is 5.69 Å².